The molecular weight excluding hydrogens is 340 g/mol. The summed E-state index contributed by atoms with van der Waals surface area (Å²) < 4.78 is 11.2. The molecule has 1 unspecified atom stereocenters. The van der Waals surface area contributed by atoms with E-state index in [1.54, 1.807) is 11.9 Å². The lowest BCUT2D eigenvalue weighted by atomic mass is 10.1. The number of nitrogens with one attached hydrogen (secondary N) is 1. The van der Waals surface area contributed by atoms with Crippen LogP contribution in [-0.4, -0.2) is 38.8 Å². The summed E-state index contributed by atoms with van der Waals surface area (Å²) in [6.07, 6.45) is 0.429. The van der Waals surface area contributed by atoms with Crippen LogP contribution in [0.2, 0.25) is 0 Å². The number of nitrogens with zero attached hydrogens (tertiary/aromatic N) is 1. The number of rotatable bonds is 5. The topological polar surface area (TPSA) is 50.8 Å². The molecule has 1 atom stereocenters. The Kier molecular flexibility index (Phi) is 7.25. The number of carbonyl (C=O) groups is 1. The van der Waals surface area contributed by atoms with E-state index in [1.807, 2.05) is 54.6 Å². The number of morpholine rings is 1. The van der Waals surface area contributed by atoms with Gasteiger partial charge in [-0.15, -0.1) is 12.4 Å². The Hall–Kier alpha value is -2.08. The van der Waals surface area contributed by atoms with Crippen molar-refractivity contribution < 1.29 is 14.3 Å². The lowest BCUT2D eigenvalue weighted by Crippen LogP contribution is -2.44. The molecule has 0 saturated carbocycles. The predicted molar refractivity (Wildman–Crippen MR) is 101 cm³/mol. The summed E-state index contributed by atoms with van der Waals surface area (Å²) in [7, 11) is 1.79. The molecule has 0 spiro atoms. The molecule has 1 fully saturated rings. The van der Waals surface area contributed by atoms with E-state index in [0.717, 1.165) is 23.7 Å². The molecular formula is C19H23ClN2O3. The molecule has 134 valence electrons. The lowest BCUT2D eigenvalue weighted by Gasteiger charge is -2.25. The van der Waals surface area contributed by atoms with Crippen LogP contribution in [0.3, 0.4) is 0 Å². The number of para-hydroxylation sites is 1. The van der Waals surface area contributed by atoms with E-state index < -0.39 is 0 Å². The number of anilines is 1. The van der Waals surface area contributed by atoms with Gasteiger partial charge in [-0.1, -0.05) is 18.2 Å². The highest BCUT2D eigenvalue weighted by Gasteiger charge is 2.20. The van der Waals surface area contributed by atoms with Crippen molar-refractivity contribution in [3.63, 3.8) is 0 Å². The van der Waals surface area contributed by atoms with Gasteiger partial charge in [0, 0.05) is 31.7 Å². The van der Waals surface area contributed by atoms with Crippen LogP contribution in [0.5, 0.6) is 11.5 Å². The van der Waals surface area contributed by atoms with Crippen LogP contribution in [-0.2, 0) is 9.53 Å². The van der Waals surface area contributed by atoms with Gasteiger partial charge < -0.3 is 19.7 Å². The average Bonchev–Trinajstić information content (AvgIpc) is 2.63. The van der Waals surface area contributed by atoms with Crippen LogP contribution >= 0.6 is 12.4 Å². The molecule has 0 aliphatic carbocycles. The molecule has 2 aromatic carbocycles. The van der Waals surface area contributed by atoms with E-state index in [4.69, 9.17) is 9.47 Å². The summed E-state index contributed by atoms with van der Waals surface area (Å²) in [4.78, 5) is 14.1. The Labute approximate surface area is 154 Å². The van der Waals surface area contributed by atoms with Gasteiger partial charge in [0.25, 0.3) is 0 Å². The largest absolute Gasteiger partial charge is 0.457 e. The van der Waals surface area contributed by atoms with Crippen molar-refractivity contribution >= 4 is 24.0 Å². The van der Waals surface area contributed by atoms with Crippen molar-refractivity contribution in [2.24, 2.45) is 0 Å². The molecule has 1 aliphatic heterocycles. The van der Waals surface area contributed by atoms with E-state index in [2.05, 4.69) is 5.32 Å². The highest BCUT2D eigenvalue weighted by molar-refractivity contribution is 5.93. The van der Waals surface area contributed by atoms with Gasteiger partial charge in [-0.2, -0.15) is 0 Å². The molecule has 3 rings (SSSR count). The maximum absolute atomic E-state index is 12.4. The second-order valence-corrected chi connectivity index (χ2v) is 5.79. The van der Waals surface area contributed by atoms with E-state index in [9.17, 15) is 4.79 Å². The number of hydrogen-bond donors (Lipinski definition) is 1. The van der Waals surface area contributed by atoms with E-state index in [-0.39, 0.29) is 24.4 Å². The third-order valence-electron chi connectivity index (χ3n) is 4.00. The molecule has 1 heterocycles. The van der Waals surface area contributed by atoms with Gasteiger partial charge in [0.1, 0.15) is 11.5 Å². The Bertz CT molecular complexity index is 658. The molecule has 2 aromatic rings. The first-order valence-corrected chi connectivity index (χ1v) is 8.13. The first kappa shape index (κ1) is 19.2. The van der Waals surface area contributed by atoms with Gasteiger partial charge in [-0.25, -0.2) is 0 Å². The lowest BCUT2D eigenvalue weighted by molar-refractivity contribution is -0.119. The predicted octanol–water partition coefficient (Wildman–Crippen LogP) is 3.24. The highest BCUT2D eigenvalue weighted by Crippen LogP contribution is 2.24. The standard InChI is InChI=1S/C19H22N2O3.ClH/c1-21(19(22)13-15-14-23-12-11-20-15)16-7-9-18(10-8-16)24-17-5-3-2-4-6-17;/h2-10,15,20H,11-14H2,1H3;1H. The average molecular weight is 363 g/mol. The van der Waals surface area contributed by atoms with Crippen LogP contribution in [0, 0.1) is 0 Å². The zero-order valence-electron chi connectivity index (χ0n) is 14.2. The second kappa shape index (κ2) is 9.42. The van der Waals surface area contributed by atoms with Crippen LogP contribution in [0.1, 0.15) is 6.42 Å². The zero-order valence-corrected chi connectivity index (χ0v) is 15.0. The van der Waals surface area contributed by atoms with Crippen molar-refractivity contribution in [1.82, 2.24) is 5.32 Å². The number of ether oxygens (including phenoxy) is 2. The smallest absolute Gasteiger partial charge is 0.228 e. The van der Waals surface area contributed by atoms with Crippen molar-refractivity contribution in [3.8, 4) is 11.5 Å². The first-order chi connectivity index (χ1) is 11.7. The highest BCUT2D eigenvalue weighted by atomic mass is 35.5. The van der Waals surface area contributed by atoms with Gasteiger partial charge >= 0.3 is 0 Å². The third kappa shape index (κ3) is 5.46. The third-order valence-corrected chi connectivity index (χ3v) is 4.00. The monoisotopic (exact) mass is 362 g/mol. The molecule has 25 heavy (non-hydrogen) atoms. The Morgan fingerprint density at radius 1 is 1.16 bits per heavy atom. The van der Waals surface area contributed by atoms with Crippen molar-refractivity contribution in [2.45, 2.75) is 12.5 Å². The molecule has 6 heteroatoms. The summed E-state index contributed by atoms with van der Waals surface area (Å²) in [6.45, 7) is 2.10. The molecule has 1 N–H and O–H groups in total. The van der Waals surface area contributed by atoms with Crippen molar-refractivity contribution in [2.75, 3.05) is 31.7 Å². The van der Waals surface area contributed by atoms with Gasteiger partial charge in [0.2, 0.25) is 5.91 Å². The number of carbonyl (C=O) groups excluding carboxylic acids is 1. The fourth-order valence-electron chi connectivity index (χ4n) is 2.60. The van der Waals surface area contributed by atoms with Crippen LogP contribution in [0.25, 0.3) is 0 Å². The molecule has 5 nitrogen and oxygen atoms in total. The fraction of sp³-hybridized carbons (Fsp3) is 0.316. The van der Waals surface area contributed by atoms with Crippen LogP contribution in [0.15, 0.2) is 54.6 Å². The maximum atomic E-state index is 12.4. The maximum Gasteiger partial charge on any atom is 0.228 e. The number of hydrogen-bond acceptors (Lipinski definition) is 4. The van der Waals surface area contributed by atoms with Crippen molar-refractivity contribution in [3.05, 3.63) is 54.6 Å². The molecule has 1 aliphatic rings. The first-order valence-electron chi connectivity index (χ1n) is 8.13. The summed E-state index contributed by atoms with van der Waals surface area (Å²) >= 11 is 0. The van der Waals surface area contributed by atoms with Gasteiger partial charge in [0.15, 0.2) is 0 Å². The van der Waals surface area contributed by atoms with Gasteiger partial charge in [0.05, 0.1) is 13.2 Å². The van der Waals surface area contributed by atoms with Crippen molar-refractivity contribution in [1.29, 1.82) is 0 Å². The van der Waals surface area contributed by atoms with E-state index >= 15 is 0 Å². The quantitative estimate of drug-likeness (QED) is 0.887. The minimum atomic E-state index is 0. The summed E-state index contributed by atoms with van der Waals surface area (Å²) in [6, 6.07) is 17.2. The van der Waals surface area contributed by atoms with Crippen LogP contribution in [0.4, 0.5) is 5.69 Å². The van der Waals surface area contributed by atoms with E-state index in [1.165, 1.54) is 0 Å². The molecule has 0 radical (unpaired) electrons. The zero-order chi connectivity index (χ0) is 16.8. The minimum Gasteiger partial charge on any atom is -0.457 e. The van der Waals surface area contributed by atoms with Gasteiger partial charge in [-0.05, 0) is 36.4 Å². The molecule has 0 bridgehead atoms. The SMILES string of the molecule is CN(C(=O)CC1COCCN1)c1ccc(Oc2ccccc2)cc1.Cl. The number of benzene rings is 2. The number of amides is 1. The normalized spacial score (nSPS) is 16.6. The molecule has 1 amide bonds. The van der Waals surface area contributed by atoms with E-state index in [0.29, 0.717) is 19.6 Å². The number of halogens is 1. The minimum absolute atomic E-state index is 0. The molecule has 1 saturated heterocycles. The fourth-order valence-corrected chi connectivity index (χ4v) is 2.60. The van der Waals surface area contributed by atoms with Gasteiger partial charge in [-0.3, -0.25) is 4.79 Å². The Balaban J connectivity index is 0.00000225. The summed E-state index contributed by atoms with van der Waals surface area (Å²) in [5.41, 5.74) is 0.845. The van der Waals surface area contributed by atoms with Crippen LogP contribution < -0.4 is 15.0 Å². The second-order valence-electron chi connectivity index (χ2n) is 5.79. The molecule has 0 aromatic heterocycles. The summed E-state index contributed by atoms with van der Waals surface area (Å²) in [5.74, 6) is 1.60. The summed E-state index contributed by atoms with van der Waals surface area (Å²) in [5, 5.41) is 3.30. The Morgan fingerprint density at radius 3 is 2.48 bits per heavy atom. The Morgan fingerprint density at radius 2 is 1.84 bits per heavy atom.